The van der Waals surface area contributed by atoms with Crippen molar-refractivity contribution in [2.45, 2.75) is 226 Å². The lowest BCUT2D eigenvalue weighted by molar-refractivity contribution is -0.150. The summed E-state index contributed by atoms with van der Waals surface area (Å²) in [6.45, 7) is 9.14. The van der Waals surface area contributed by atoms with Crippen molar-refractivity contribution in [2.75, 3.05) is 45.7 Å². The molecule has 0 aliphatic carbocycles. The molecule has 0 aromatic carbocycles. The van der Waals surface area contributed by atoms with Gasteiger partial charge in [-0.15, -0.1) is 11.3 Å². The van der Waals surface area contributed by atoms with E-state index < -0.39 is 0 Å². The summed E-state index contributed by atoms with van der Waals surface area (Å²) >= 11 is 1.37. The van der Waals surface area contributed by atoms with Gasteiger partial charge in [-0.05, 0) is 83.9 Å². The standard InChI is InChI=1S/C50H88N4O7S/c1-6-9-12-15-17-18-19-21-28-39-60-46(57)33-26-24-31-44(55)52-50-48(49(59)51-36-38-53(4)5)42-35-37-54(40-43(42)62-50)45(56)32-25-27-34-47(58)61-41(29-22-14-11-8-3)30-23-20-16-13-10-7-2/h41H,6-40H2,1-5H3,(H,51,59)(H,52,55). The van der Waals surface area contributed by atoms with Crippen molar-refractivity contribution in [1.29, 1.82) is 0 Å². The number of carbonyl (C=O) groups excluding carboxylic acids is 5. The van der Waals surface area contributed by atoms with Crippen molar-refractivity contribution in [3.63, 3.8) is 0 Å². The summed E-state index contributed by atoms with van der Waals surface area (Å²) in [5.41, 5.74) is 1.38. The number of anilines is 1. The molecule has 1 unspecified atom stereocenters. The highest BCUT2D eigenvalue weighted by atomic mass is 32.1. The summed E-state index contributed by atoms with van der Waals surface area (Å²) in [5, 5.41) is 6.52. The lowest BCUT2D eigenvalue weighted by Gasteiger charge is -2.27. The van der Waals surface area contributed by atoms with Crippen LogP contribution in [-0.2, 0) is 41.6 Å². The van der Waals surface area contributed by atoms with Crippen LogP contribution in [0.1, 0.15) is 228 Å². The fourth-order valence-electron chi connectivity index (χ4n) is 8.00. The number of amides is 3. The van der Waals surface area contributed by atoms with Crippen LogP contribution in [0.5, 0.6) is 0 Å². The van der Waals surface area contributed by atoms with E-state index in [1.807, 2.05) is 23.9 Å². The number of nitrogens with one attached hydrogen (secondary N) is 2. The third kappa shape index (κ3) is 25.3. The summed E-state index contributed by atoms with van der Waals surface area (Å²) in [6.07, 6.45) is 28.8. The predicted molar refractivity (Wildman–Crippen MR) is 255 cm³/mol. The van der Waals surface area contributed by atoms with Gasteiger partial charge in [-0.2, -0.15) is 0 Å². The molecule has 0 saturated carbocycles. The van der Waals surface area contributed by atoms with Gasteiger partial charge in [0.2, 0.25) is 11.8 Å². The van der Waals surface area contributed by atoms with Gasteiger partial charge in [-0.1, -0.05) is 124 Å². The Hall–Kier alpha value is -2.99. The number of fused-ring (bicyclic) bond motifs is 1. The minimum absolute atomic E-state index is 0.00941. The molecular weight excluding hydrogens is 801 g/mol. The van der Waals surface area contributed by atoms with E-state index in [4.69, 9.17) is 9.47 Å². The molecule has 0 saturated heterocycles. The molecule has 0 spiro atoms. The van der Waals surface area contributed by atoms with Crippen molar-refractivity contribution in [2.24, 2.45) is 0 Å². The van der Waals surface area contributed by atoms with Gasteiger partial charge >= 0.3 is 11.9 Å². The predicted octanol–water partition coefficient (Wildman–Crippen LogP) is 11.7. The Balaban J connectivity index is 1.83. The zero-order valence-corrected chi connectivity index (χ0v) is 40.8. The summed E-state index contributed by atoms with van der Waals surface area (Å²) < 4.78 is 11.4. The first kappa shape index (κ1) is 55.1. The van der Waals surface area contributed by atoms with E-state index in [0.717, 1.165) is 49.0 Å². The van der Waals surface area contributed by atoms with Gasteiger partial charge in [-0.25, -0.2) is 0 Å². The average Bonchev–Trinajstić information content (AvgIpc) is 3.61. The van der Waals surface area contributed by atoms with Crippen LogP contribution in [0.15, 0.2) is 0 Å². The van der Waals surface area contributed by atoms with Crippen molar-refractivity contribution >= 4 is 46.0 Å². The molecule has 356 valence electrons. The number of thiophene rings is 1. The summed E-state index contributed by atoms with van der Waals surface area (Å²) in [6, 6.07) is 0. The highest BCUT2D eigenvalue weighted by molar-refractivity contribution is 7.17. The number of rotatable bonds is 38. The molecule has 2 N–H and O–H groups in total. The number of hydrogen-bond donors (Lipinski definition) is 2. The molecule has 0 fully saturated rings. The molecule has 1 aromatic rings. The van der Waals surface area contributed by atoms with E-state index in [1.165, 1.54) is 108 Å². The topological polar surface area (TPSA) is 134 Å². The number of esters is 2. The summed E-state index contributed by atoms with van der Waals surface area (Å²) in [4.78, 5) is 70.0. The molecule has 0 bridgehead atoms. The maximum atomic E-state index is 13.6. The van der Waals surface area contributed by atoms with Crippen LogP contribution < -0.4 is 10.6 Å². The maximum absolute atomic E-state index is 13.6. The second-order valence-electron chi connectivity index (χ2n) is 17.9. The first-order valence-corrected chi connectivity index (χ1v) is 25.9. The molecule has 3 amide bonds. The second-order valence-corrected chi connectivity index (χ2v) is 19.0. The normalized spacial score (nSPS) is 12.9. The quantitative estimate of drug-likeness (QED) is 0.0495. The Labute approximate surface area is 381 Å². The maximum Gasteiger partial charge on any atom is 0.306 e. The minimum atomic E-state index is -0.226. The van der Waals surface area contributed by atoms with Gasteiger partial charge in [0.05, 0.1) is 18.7 Å². The van der Waals surface area contributed by atoms with Crippen LogP contribution in [-0.4, -0.2) is 85.9 Å². The fourth-order valence-corrected chi connectivity index (χ4v) is 9.28. The van der Waals surface area contributed by atoms with Gasteiger partial charge in [0, 0.05) is 50.2 Å². The van der Waals surface area contributed by atoms with Crippen molar-refractivity contribution in [3.05, 3.63) is 16.0 Å². The van der Waals surface area contributed by atoms with Crippen LogP contribution in [0.3, 0.4) is 0 Å². The molecule has 1 aliphatic rings. The van der Waals surface area contributed by atoms with Crippen molar-refractivity contribution in [3.8, 4) is 0 Å². The molecule has 2 heterocycles. The largest absolute Gasteiger partial charge is 0.466 e. The third-order valence-corrected chi connectivity index (χ3v) is 13.0. The average molecular weight is 889 g/mol. The Morgan fingerprint density at radius 1 is 0.661 bits per heavy atom. The van der Waals surface area contributed by atoms with Gasteiger partial charge in [0.1, 0.15) is 11.1 Å². The molecule has 11 nitrogen and oxygen atoms in total. The summed E-state index contributed by atoms with van der Waals surface area (Å²) in [5.74, 6) is -0.770. The third-order valence-electron chi connectivity index (χ3n) is 11.9. The highest BCUT2D eigenvalue weighted by Gasteiger charge is 2.30. The first-order chi connectivity index (χ1) is 30.1. The Morgan fingerprint density at radius 2 is 1.19 bits per heavy atom. The van der Waals surface area contributed by atoms with E-state index >= 15 is 0 Å². The van der Waals surface area contributed by atoms with Crippen LogP contribution in [0.25, 0.3) is 0 Å². The van der Waals surface area contributed by atoms with E-state index in [2.05, 4.69) is 31.4 Å². The fraction of sp³-hybridized carbons (Fsp3) is 0.820. The molecule has 12 heteroatoms. The van der Waals surface area contributed by atoms with Gasteiger partial charge in [0.15, 0.2) is 0 Å². The number of nitrogens with zero attached hydrogens (tertiary/aromatic N) is 2. The molecule has 1 aromatic heterocycles. The second kappa shape index (κ2) is 35.4. The molecule has 0 radical (unpaired) electrons. The molecule has 1 aliphatic heterocycles. The SMILES string of the molecule is CCCCCCCCCCCOC(=O)CCCCC(=O)Nc1sc2c(c1C(=O)NCCN(C)C)CCN(C(=O)CCCCC(=O)OC(CCCCCC)CCCCCCCC)C2. The Kier molecular flexibility index (Phi) is 31.5. The molecule has 1 atom stereocenters. The zero-order valence-electron chi connectivity index (χ0n) is 40.0. The van der Waals surface area contributed by atoms with E-state index in [1.54, 1.807) is 0 Å². The van der Waals surface area contributed by atoms with Gasteiger partial charge < -0.3 is 29.9 Å². The van der Waals surface area contributed by atoms with Crippen molar-refractivity contribution < 1.29 is 33.4 Å². The van der Waals surface area contributed by atoms with Crippen molar-refractivity contribution in [1.82, 2.24) is 15.1 Å². The minimum Gasteiger partial charge on any atom is -0.466 e. The number of ether oxygens (including phenoxy) is 2. The number of hydrogen-bond acceptors (Lipinski definition) is 9. The smallest absolute Gasteiger partial charge is 0.306 e. The number of likely N-dealkylation sites (N-methyl/N-ethyl adjacent to an activating group) is 1. The van der Waals surface area contributed by atoms with E-state index in [9.17, 15) is 24.0 Å². The molecule has 2 rings (SSSR count). The first-order valence-electron chi connectivity index (χ1n) is 25.1. The lowest BCUT2D eigenvalue weighted by atomic mass is 10.0. The molecular formula is C50H88N4O7S. The summed E-state index contributed by atoms with van der Waals surface area (Å²) in [7, 11) is 3.89. The van der Waals surface area contributed by atoms with Crippen LogP contribution in [0, 0.1) is 0 Å². The van der Waals surface area contributed by atoms with Gasteiger partial charge in [-0.3, -0.25) is 24.0 Å². The van der Waals surface area contributed by atoms with E-state index in [-0.39, 0.29) is 48.6 Å². The van der Waals surface area contributed by atoms with Crippen LogP contribution in [0.2, 0.25) is 0 Å². The Bertz CT molecular complexity index is 1400. The Morgan fingerprint density at radius 3 is 1.81 bits per heavy atom. The monoisotopic (exact) mass is 889 g/mol. The molecule has 62 heavy (non-hydrogen) atoms. The highest BCUT2D eigenvalue weighted by Crippen LogP contribution is 2.37. The van der Waals surface area contributed by atoms with Crippen LogP contribution in [0.4, 0.5) is 5.00 Å². The van der Waals surface area contributed by atoms with Gasteiger partial charge in [0.25, 0.3) is 5.91 Å². The lowest BCUT2D eigenvalue weighted by Crippen LogP contribution is -2.36. The number of carbonyl (C=O) groups is 5. The van der Waals surface area contributed by atoms with E-state index in [0.29, 0.717) is 88.3 Å². The van der Waals surface area contributed by atoms with Crippen LogP contribution >= 0.6 is 11.3 Å². The number of unbranched alkanes of at least 4 members (excludes halogenated alkanes) is 18. The zero-order chi connectivity index (χ0) is 45.2.